The maximum absolute atomic E-state index is 5.32. The molecule has 0 spiro atoms. The van der Waals surface area contributed by atoms with Crippen LogP contribution in [0.3, 0.4) is 0 Å². The lowest BCUT2D eigenvalue weighted by Gasteiger charge is -2.16. The van der Waals surface area contributed by atoms with Crippen LogP contribution in [0.2, 0.25) is 0 Å². The van der Waals surface area contributed by atoms with Crippen LogP contribution in [0.4, 0.5) is 11.4 Å². The zero-order valence-corrected chi connectivity index (χ0v) is 28.4. The number of rotatable bonds is 5. The third-order valence-electron chi connectivity index (χ3n) is 10.3. The Morgan fingerprint density at radius 2 is 0.596 bits per heavy atom. The minimum absolute atomic E-state index is 0.903. The van der Waals surface area contributed by atoms with Gasteiger partial charge < -0.3 is 0 Å². The number of fused-ring (bicyclic) bond motifs is 8. The number of hydrogen-bond acceptors (Lipinski definition) is 2. The molecule has 10 rings (SSSR count). The van der Waals surface area contributed by atoms with E-state index in [9.17, 15) is 0 Å². The largest absolute Gasteiger partial charge is 0.256 e. The molecule has 10 aromatic carbocycles. The third-order valence-corrected chi connectivity index (χ3v) is 10.3. The standard InChI is InChI=1S/C50H32N2/c1-7-21-43-33(13-1)25-27-47(51-31-37-29-35-15-3-5-17-39(35)45-23-11-9-19-41(37)45)49(43)50-44-22-8-2-14-34(44)26-28-48(50)52-32-38-30-36-16-4-6-18-40(36)46-24-12-10-20-42(38)46/h1-32H/b51-31-,52-32+. The van der Waals surface area contributed by atoms with Gasteiger partial charge in [0.15, 0.2) is 0 Å². The fraction of sp³-hybridized carbons (Fsp3) is 0. The molecule has 0 aliphatic carbocycles. The summed E-state index contributed by atoms with van der Waals surface area (Å²) in [5.74, 6) is 0. The topological polar surface area (TPSA) is 24.7 Å². The lowest BCUT2D eigenvalue weighted by atomic mass is 9.91. The van der Waals surface area contributed by atoms with E-state index in [1.165, 1.54) is 43.1 Å². The van der Waals surface area contributed by atoms with Gasteiger partial charge in [0.25, 0.3) is 0 Å². The van der Waals surface area contributed by atoms with Crippen LogP contribution in [-0.4, -0.2) is 12.4 Å². The molecule has 0 aromatic heterocycles. The fourth-order valence-electron chi connectivity index (χ4n) is 7.92. The van der Waals surface area contributed by atoms with E-state index in [2.05, 4.69) is 182 Å². The summed E-state index contributed by atoms with van der Waals surface area (Å²) in [4.78, 5) is 10.6. The van der Waals surface area contributed by atoms with E-state index in [1.807, 2.05) is 12.4 Å². The molecular weight excluding hydrogens is 629 g/mol. The van der Waals surface area contributed by atoms with Gasteiger partial charge in [-0.25, -0.2) is 0 Å². The maximum Gasteiger partial charge on any atom is 0.0715 e. The summed E-state index contributed by atoms with van der Waals surface area (Å²) in [6, 6.07) is 64.8. The number of benzene rings is 10. The number of hydrogen-bond donors (Lipinski definition) is 0. The van der Waals surface area contributed by atoms with Crippen molar-refractivity contribution in [3.8, 4) is 11.1 Å². The van der Waals surface area contributed by atoms with Crippen LogP contribution in [-0.2, 0) is 0 Å². The molecule has 52 heavy (non-hydrogen) atoms. The van der Waals surface area contributed by atoms with Crippen LogP contribution in [0.1, 0.15) is 11.1 Å². The van der Waals surface area contributed by atoms with Crippen molar-refractivity contribution in [3.05, 3.63) is 193 Å². The molecule has 2 heteroatoms. The second-order valence-electron chi connectivity index (χ2n) is 13.3. The Kier molecular flexibility index (Phi) is 7.18. The average Bonchev–Trinajstić information content (AvgIpc) is 3.21. The van der Waals surface area contributed by atoms with Crippen LogP contribution in [0.15, 0.2) is 192 Å². The first-order valence-corrected chi connectivity index (χ1v) is 17.7. The van der Waals surface area contributed by atoms with Crippen molar-refractivity contribution in [1.29, 1.82) is 0 Å². The Bertz CT molecular complexity index is 2870. The summed E-state index contributed by atoms with van der Waals surface area (Å²) >= 11 is 0. The van der Waals surface area contributed by atoms with Crippen molar-refractivity contribution >= 4 is 88.4 Å². The Hall–Kier alpha value is -6.90. The van der Waals surface area contributed by atoms with Crippen LogP contribution < -0.4 is 0 Å². The SMILES string of the molecule is C(=N/c1ccc2ccccc2c1-c1c(/N=C/c2cc3ccccc3c3ccccc23)ccc2ccccc12)/c1cc2ccccc2c2ccccc12. The van der Waals surface area contributed by atoms with Gasteiger partial charge in [0, 0.05) is 34.7 Å². The first-order valence-electron chi connectivity index (χ1n) is 17.7. The van der Waals surface area contributed by atoms with E-state index in [0.717, 1.165) is 55.2 Å². The lowest BCUT2D eigenvalue weighted by molar-refractivity contribution is 1.51. The molecule has 0 fully saturated rings. The molecule has 0 amide bonds. The molecular formula is C50H32N2. The van der Waals surface area contributed by atoms with E-state index >= 15 is 0 Å². The average molecular weight is 661 g/mol. The van der Waals surface area contributed by atoms with Crippen LogP contribution >= 0.6 is 0 Å². The number of aliphatic imine (C=N–C) groups is 2. The van der Waals surface area contributed by atoms with Gasteiger partial charge in [-0.05, 0) is 88.9 Å². The van der Waals surface area contributed by atoms with Crippen molar-refractivity contribution in [2.75, 3.05) is 0 Å². The summed E-state index contributed by atoms with van der Waals surface area (Å²) in [7, 11) is 0. The van der Waals surface area contributed by atoms with Gasteiger partial charge in [0.05, 0.1) is 11.4 Å². The molecule has 0 bridgehead atoms. The van der Waals surface area contributed by atoms with Gasteiger partial charge in [-0.1, -0.05) is 158 Å². The number of nitrogens with zero attached hydrogens (tertiary/aromatic N) is 2. The van der Waals surface area contributed by atoms with Crippen molar-refractivity contribution in [2.24, 2.45) is 9.98 Å². The van der Waals surface area contributed by atoms with Gasteiger partial charge in [-0.2, -0.15) is 0 Å². The predicted molar refractivity (Wildman–Crippen MR) is 224 cm³/mol. The Labute approximate surface area is 301 Å². The van der Waals surface area contributed by atoms with Crippen molar-refractivity contribution in [3.63, 3.8) is 0 Å². The first kappa shape index (κ1) is 30.0. The highest BCUT2D eigenvalue weighted by Gasteiger charge is 2.17. The first-order chi connectivity index (χ1) is 25.8. The zero-order valence-electron chi connectivity index (χ0n) is 28.4. The molecule has 0 radical (unpaired) electrons. The monoisotopic (exact) mass is 660 g/mol. The highest BCUT2D eigenvalue weighted by atomic mass is 14.7. The summed E-state index contributed by atoms with van der Waals surface area (Å²) in [5.41, 5.74) is 6.14. The zero-order chi connectivity index (χ0) is 34.4. The van der Waals surface area contributed by atoms with E-state index in [1.54, 1.807) is 0 Å². The van der Waals surface area contributed by atoms with Gasteiger partial charge in [-0.3, -0.25) is 9.98 Å². The predicted octanol–water partition coefficient (Wildman–Crippen LogP) is 13.8. The maximum atomic E-state index is 5.32. The molecule has 0 atom stereocenters. The molecule has 242 valence electrons. The van der Waals surface area contributed by atoms with Crippen LogP contribution in [0.5, 0.6) is 0 Å². The smallest absolute Gasteiger partial charge is 0.0715 e. The van der Waals surface area contributed by atoms with Crippen molar-refractivity contribution in [1.82, 2.24) is 0 Å². The Balaban J connectivity index is 1.21. The van der Waals surface area contributed by atoms with E-state index < -0.39 is 0 Å². The normalized spacial score (nSPS) is 12.1. The van der Waals surface area contributed by atoms with Gasteiger partial charge in [-0.15, -0.1) is 0 Å². The fourth-order valence-corrected chi connectivity index (χ4v) is 7.92. The quantitative estimate of drug-likeness (QED) is 0.130. The Morgan fingerprint density at radius 1 is 0.269 bits per heavy atom. The van der Waals surface area contributed by atoms with Gasteiger partial charge in [0.1, 0.15) is 0 Å². The summed E-state index contributed by atoms with van der Waals surface area (Å²) in [6.07, 6.45) is 4.08. The second-order valence-corrected chi connectivity index (χ2v) is 13.3. The minimum Gasteiger partial charge on any atom is -0.256 e. The van der Waals surface area contributed by atoms with E-state index in [4.69, 9.17) is 9.98 Å². The molecule has 0 heterocycles. The van der Waals surface area contributed by atoms with Gasteiger partial charge >= 0.3 is 0 Å². The Morgan fingerprint density at radius 3 is 1.02 bits per heavy atom. The molecule has 0 N–H and O–H groups in total. The minimum atomic E-state index is 0.903. The molecule has 10 aromatic rings. The summed E-state index contributed by atoms with van der Waals surface area (Å²) < 4.78 is 0. The van der Waals surface area contributed by atoms with E-state index in [0.29, 0.717) is 0 Å². The van der Waals surface area contributed by atoms with Crippen LogP contribution in [0.25, 0.3) is 75.8 Å². The second kappa shape index (κ2) is 12.5. The summed E-state index contributed by atoms with van der Waals surface area (Å²) in [5, 5.41) is 14.3. The third kappa shape index (κ3) is 5.04. The molecule has 0 aliphatic rings. The molecule has 2 nitrogen and oxygen atoms in total. The highest BCUT2D eigenvalue weighted by molar-refractivity contribution is 6.18. The molecule has 0 saturated heterocycles. The van der Waals surface area contributed by atoms with Gasteiger partial charge in [0.2, 0.25) is 0 Å². The lowest BCUT2D eigenvalue weighted by Crippen LogP contribution is -1.90. The van der Waals surface area contributed by atoms with Crippen molar-refractivity contribution < 1.29 is 0 Å². The van der Waals surface area contributed by atoms with Crippen molar-refractivity contribution in [2.45, 2.75) is 0 Å². The van der Waals surface area contributed by atoms with Crippen LogP contribution in [0, 0.1) is 0 Å². The highest BCUT2D eigenvalue weighted by Crippen LogP contribution is 2.46. The molecule has 0 saturated carbocycles. The summed E-state index contributed by atoms with van der Waals surface area (Å²) in [6.45, 7) is 0. The molecule has 0 unspecified atom stereocenters. The molecule has 0 aliphatic heterocycles. The van der Waals surface area contributed by atoms with E-state index in [-0.39, 0.29) is 0 Å².